The smallest absolute Gasteiger partial charge is 0.146 e. The Morgan fingerprint density at radius 1 is 1.29 bits per heavy atom. The predicted molar refractivity (Wildman–Crippen MR) is 64.4 cm³/mol. The van der Waals surface area contributed by atoms with E-state index in [9.17, 15) is 0 Å². The average molecular weight is 234 g/mol. The summed E-state index contributed by atoms with van der Waals surface area (Å²) in [5.41, 5.74) is 5.55. The second-order valence-electron chi connectivity index (χ2n) is 3.91. The lowest BCUT2D eigenvalue weighted by Crippen LogP contribution is -2.14. The first kappa shape index (κ1) is 11.8. The summed E-state index contributed by atoms with van der Waals surface area (Å²) in [7, 11) is 0. The zero-order chi connectivity index (χ0) is 12.1. The number of hydrogen-bond donors (Lipinski definition) is 1. The van der Waals surface area contributed by atoms with Crippen LogP contribution >= 0.6 is 0 Å². The van der Waals surface area contributed by atoms with Gasteiger partial charge >= 0.3 is 0 Å². The fourth-order valence-electron chi connectivity index (χ4n) is 1.80. The summed E-state index contributed by atoms with van der Waals surface area (Å²) in [4.78, 5) is 8.57. The maximum atomic E-state index is 5.55. The molecular formula is C11H18N6. The first-order chi connectivity index (χ1) is 8.35. The number of nitrogens with zero attached hydrogens (tertiary/aromatic N) is 5. The molecule has 6 heteroatoms. The van der Waals surface area contributed by atoms with Crippen LogP contribution in [0, 0.1) is 0 Å². The van der Waals surface area contributed by atoms with E-state index in [1.54, 1.807) is 12.5 Å². The highest BCUT2D eigenvalue weighted by Crippen LogP contribution is 2.04. The van der Waals surface area contributed by atoms with Crippen LogP contribution in [0.25, 0.3) is 0 Å². The van der Waals surface area contributed by atoms with Gasteiger partial charge in [0.1, 0.15) is 18.0 Å². The monoisotopic (exact) mass is 234 g/mol. The number of hydrogen-bond acceptors (Lipinski definition) is 4. The van der Waals surface area contributed by atoms with Crippen LogP contribution in [-0.2, 0) is 19.5 Å². The Labute approximate surface area is 100 Å². The minimum absolute atomic E-state index is 0.610. The van der Waals surface area contributed by atoms with E-state index in [0.717, 1.165) is 31.0 Å². The van der Waals surface area contributed by atoms with Gasteiger partial charge in [0.15, 0.2) is 0 Å². The van der Waals surface area contributed by atoms with Crippen LogP contribution in [0.4, 0.5) is 0 Å². The molecule has 17 heavy (non-hydrogen) atoms. The quantitative estimate of drug-likeness (QED) is 0.786. The normalized spacial score (nSPS) is 10.9. The maximum absolute atomic E-state index is 5.55. The Balaban J connectivity index is 2.13. The van der Waals surface area contributed by atoms with E-state index in [-0.39, 0.29) is 0 Å². The summed E-state index contributed by atoms with van der Waals surface area (Å²) < 4.78 is 4.01. The SMILES string of the molecule is CCCn1ncnc1Cn1ccnc1CCN. The molecule has 6 nitrogen and oxygen atoms in total. The molecular weight excluding hydrogens is 216 g/mol. The van der Waals surface area contributed by atoms with Gasteiger partial charge < -0.3 is 10.3 Å². The van der Waals surface area contributed by atoms with Crippen molar-refractivity contribution < 1.29 is 0 Å². The fourth-order valence-corrected chi connectivity index (χ4v) is 1.80. The summed E-state index contributed by atoms with van der Waals surface area (Å²) in [6.07, 6.45) is 7.19. The molecule has 0 saturated carbocycles. The molecule has 0 aliphatic rings. The second-order valence-corrected chi connectivity index (χ2v) is 3.91. The molecule has 0 fully saturated rings. The Bertz CT molecular complexity index is 416. The summed E-state index contributed by atoms with van der Waals surface area (Å²) in [6.45, 7) is 4.34. The van der Waals surface area contributed by atoms with Crippen LogP contribution < -0.4 is 5.73 Å². The fraction of sp³-hybridized carbons (Fsp3) is 0.545. The maximum Gasteiger partial charge on any atom is 0.146 e. The number of nitrogens with two attached hydrogens (primary N) is 1. The summed E-state index contributed by atoms with van der Waals surface area (Å²) >= 11 is 0. The van der Waals surface area contributed by atoms with Crippen LogP contribution in [0.15, 0.2) is 18.7 Å². The topological polar surface area (TPSA) is 74.5 Å². The summed E-state index contributed by atoms with van der Waals surface area (Å²) in [6, 6.07) is 0. The number of aromatic nitrogens is 5. The van der Waals surface area contributed by atoms with E-state index in [1.165, 1.54) is 0 Å². The molecule has 0 saturated heterocycles. The van der Waals surface area contributed by atoms with E-state index < -0.39 is 0 Å². The van der Waals surface area contributed by atoms with Gasteiger partial charge in [0.05, 0.1) is 6.54 Å². The minimum Gasteiger partial charge on any atom is -0.330 e. The van der Waals surface area contributed by atoms with Crippen molar-refractivity contribution in [2.45, 2.75) is 32.9 Å². The van der Waals surface area contributed by atoms with Crippen LogP contribution in [0.1, 0.15) is 25.0 Å². The Kier molecular flexibility index (Phi) is 3.87. The highest BCUT2D eigenvalue weighted by molar-refractivity contribution is 4.97. The standard InChI is InChI=1S/C11H18N6/c1-2-6-17-11(14-9-15-17)8-16-7-5-13-10(16)3-4-12/h5,7,9H,2-4,6,8,12H2,1H3. The lowest BCUT2D eigenvalue weighted by molar-refractivity contribution is 0.548. The third-order valence-corrected chi connectivity index (χ3v) is 2.61. The number of imidazole rings is 1. The zero-order valence-electron chi connectivity index (χ0n) is 10.1. The summed E-state index contributed by atoms with van der Waals surface area (Å²) in [5.74, 6) is 1.96. The van der Waals surface area contributed by atoms with Gasteiger partial charge in [-0.05, 0) is 13.0 Å². The van der Waals surface area contributed by atoms with E-state index in [4.69, 9.17) is 5.73 Å². The first-order valence-electron chi connectivity index (χ1n) is 5.92. The molecule has 0 radical (unpaired) electrons. The van der Waals surface area contributed by atoms with Gasteiger partial charge in [0, 0.05) is 25.4 Å². The average Bonchev–Trinajstić information content (AvgIpc) is 2.92. The molecule has 2 aromatic rings. The van der Waals surface area contributed by atoms with Crippen LogP contribution in [0.5, 0.6) is 0 Å². The molecule has 2 heterocycles. The molecule has 0 amide bonds. The van der Waals surface area contributed by atoms with Gasteiger partial charge in [0.25, 0.3) is 0 Å². The van der Waals surface area contributed by atoms with Crippen molar-refractivity contribution in [1.82, 2.24) is 24.3 Å². The van der Waals surface area contributed by atoms with Crippen molar-refractivity contribution in [2.24, 2.45) is 5.73 Å². The zero-order valence-corrected chi connectivity index (χ0v) is 10.1. The molecule has 0 aliphatic heterocycles. The van der Waals surface area contributed by atoms with Crippen molar-refractivity contribution >= 4 is 0 Å². The van der Waals surface area contributed by atoms with E-state index >= 15 is 0 Å². The van der Waals surface area contributed by atoms with Gasteiger partial charge in [-0.25, -0.2) is 14.6 Å². The van der Waals surface area contributed by atoms with E-state index in [1.807, 2.05) is 10.9 Å². The van der Waals surface area contributed by atoms with Gasteiger partial charge in [-0.3, -0.25) is 0 Å². The lowest BCUT2D eigenvalue weighted by atomic mass is 10.4. The molecule has 0 unspecified atom stereocenters. The molecule has 0 aliphatic carbocycles. The molecule has 0 spiro atoms. The molecule has 2 rings (SSSR count). The Morgan fingerprint density at radius 3 is 2.94 bits per heavy atom. The van der Waals surface area contributed by atoms with Gasteiger partial charge in [0.2, 0.25) is 0 Å². The molecule has 0 aromatic carbocycles. The van der Waals surface area contributed by atoms with Gasteiger partial charge in [-0.1, -0.05) is 6.92 Å². The Morgan fingerprint density at radius 2 is 2.18 bits per heavy atom. The Hall–Kier alpha value is -1.69. The van der Waals surface area contributed by atoms with E-state index in [2.05, 4.69) is 26.6 Å². The van der Waals surface area contributed by atoms with Crippen LogP contribution in [0.2, 0.25) is 0 Å². The van der Waals surface area contributed by atoms with E-state index in [0.29, 0.717) is 13.1 Å². The van der Waals surface area contributed by atoms with Crippen molar-refractivity contribution in [1.29, 1.82) is 0 Å². The summed E-state index contributed by atoms with van der Waals surface area (Å²) in [5, 5.41) is 4.21. The molecule has 2 N–H and O–H groups in total. The second kappa shape index (κ2) is 5.58. The van der Waals surface area contributed by atoms with Crippen LogP contribution in [-0.4, -0.2) is 30.9 Å². The van der Waals surface area contributed by atoms with Crippen molar-refractivity contribution in [2.75, 3.05) is 6.54 Å². The highest BCUT2D eigenvalue weighted by Gasteiger charge is 2.07. The minimum atomic E-state index is 0.610. The third-order valence-electron chi connectivity index (χ3n) is 2.61. The van der Waals surface area contributed by atoms with Crippen molar-refractivity contribution in [3.8, 4) is 0 Å². The third kappa shape index (κ3) is 2.71. The number of rotatable bonds is 6. The van der Waals surface area contributed by atoms with Gasteiger partial charge in [-0.15, -0.1) is 0 Å². The lowest BCUT2D eigenvalue weighted by Gasteiger charge is -2.08. The largest absolute Gasteiger partial charge is 0.330 e. The molecule has 0 atom stereocenters. The van der Waals surface area contributed by atoms with Crippen molar-refractivity contribution in [3.05, 3.63) is 30.4 Å². The van der Waals surface area contributed by atoms with Gasteiger partial charge in [-0.2, -0.15) is 5.10 Å². The molecule has 0 bridgehead atoms. The van der Waals surface area contributed by atoms with Crippen molar-refractivity contribution in [3.63, 3.8) is 0 Å². The highest BCUT2D eigenvalue weighted by atomic mass is 15.3. The molecule has 92 valence electrons. The predicted octanol–water partition coefficient (Wildman–Crippen LogP) is 0.434. The first-order valence-corrected chi connectivity index (χ1v) is 5.92. The van der Waals surface area contributed by atoms with Crippen LogP contribution in [0.3, 0.4) is 0 Å². The number of aryl methyl sites for hydroxylation is 1. The molecule has 2 aromatic heterocycles.